The van der Waals surface area contributed by atoms with Gasteiger partial charge in [-0.2, -0.15) is 0 Å². The van der Waals surface area contributed by atoms with Crippen LogP contribution >= 0.6 is 21.6 Å². The van der Waals surface area contributed by atoms with E-state index in [9.17, 15) is 139 Å². The van der Waals surface area contributed by atoms with Crippen LogP contribution in [0.2, 0.25) is 0 Å². The maximum absolute atomic E-state index is 14.7. The van der Waals surface area contributed by atoms with Crippen LogP contribution in [0.3, 0.4) is 0 Å². The zero-order valence-corrected chi connectivity index (χ0v) is 62.5. The number of unbranched alkanes of at least 4 members (excludes halogenated alkanes) is 7. The molecule has 0 saturated carbocycles. The summed E-state index contributed by atoms with van der Waals surface area (Å²) < 4.78 is 0. The Bertz CT molecular complexity index is 2680. The molecule has 0 heterocycles. The van der Waals surface area contributed by atoms with Gasteiger partial charge in [-0.3, -0.25) is 62.3 Å². The molecule has 7 amide bonds. The van der Waals surface area contributed by atoms with Crippen LogP contribution in [0.1, 0.15) is 187 Å². The van der Waals surface area contributed by atoms with Gasteiger partial charge < -0.3 is 124 Å². The van der Waals surface area contributed by atoms with Gasteiger partial charge in [0.1, 0.15) is 54.6 Å². The summed E-state index contributed by atoms with van der Waals surface area (Å²) in [5.41, 5.74) is 0. The van der Waals surface area contributed by atoms with Crippen LogP contribution in [0, 0.1) is 18.3 Å². The Morgan fingerprint density at radius 2 is 0.813 bits per heavy atom. The molecule has 617 valence electrons. The van der Waals surface area contributed by atoms with Gasteiger partial charge in [-0.25, -0.2) is 0 Å². The summed E-state index contributed by atoms with van der Waals surface area (Å²) in [6.07, 6.45) is -22.8. The molecule has 1 radical (unpaired) electrons. The average molecular weight is 1580 g/mol. The number of hydrogen-bond acceptors (Lipinski definition) is 30. The summed E-state index contributed by atoms with van der Waals surface area (Å²) in [5.74, 6) is -14.8. The monoisotopic (exact) mass is 1580 g/mol. The van der Waals surface area contributed by atoms with Crippen molar-refractivity contribution in [1.29, 1.82) is 0 Å². The van der Waals surface area contributed by atoms with E-state index in [1.165, 1.54) is 41.4 Å². The molecule has 0 rings (SSSR count). The fourth-order valence-electron chi connectivity index (χ4n) is 10.4. The number of rotatable bonds is 67. The molecule has 24 N–H and O–H groups in total. The number of Topliss-reactive ketones (excluding diaryl/α,β-unsaturated/α-hetero) is 4. The Morgan fingerprint density at radius 3 is 1.28 bits per heavy atom. The number of hydrogen-bond donors (Lipinski definition) is 24. The van der Waals surface area contributed by atoms with Crippen molar-refractivity contribution in [3.8, 4) is 0 Å². The van der Waals surface area contributed by atoms with Crippen molar-refractivity contribution in [2.75, 3.05) is 51.0 Å². The first kappa shape index (κ1) is 101. The molecule has 0 aromatic heterocycles. The Morgan fingerprint density at radius 1 is 0.383 bits per heavy atom. The van der Waals surface area contributed by atoms with Crippen molar-refractivity contribution < 1.29 is 149 Å². The lowest BCUT2D eigenvalue weighted by molar-refractivity contribution is -0.139. The van der Waals surface area contributed by atoms with E-state index >= 15 is 0 Å². The van der Waals surface area contributed by atoms with Crippen molar-refractivity contribution in [2.45, 2.75) is 279 Å². The Kier molecular flexibility index (Phi) is 55.6. The van der Waals surface area contributed by atoms with Crippen LogP contribution in [0.5, 0.6) is 0 Å². The van der Waals surface area contributed by atoms with E-state index in [1.807, 2.05) is 5.32 Å². The first-order valence-electron chi connectivity index (χ1n) is 36.2. The summed E-state index contributed by atoms with van der Waals surface area (Å²) in [6.45, 7) is -0.358. The summed E-state index contributed by atoms with van der Waals surface area (Å²) in [4.78, 5) is 173. The Balaban J connectivity index is 6.98. The molecule has 39 heteroatoms. The van der Waals surface area contributed by atoms with Crippen molar-refractivity contribution in [3.05, 3.63) is 6.42 Å². The number of amides is 7. The smallest absolute Gasteiger partial charge is 0.303 e. The molecular weight excluding hydrogens is 1460 g/mol. The molecule has 0 unspecified atom stereocenters. The lowest BCUT2D eigenvalue weighted by atomic mass is 9.89. The van der Waals surface area contributed by atoms with Crippen LogP contribution in [0.4, 0.5) is 0 Å². The number of aliphatic hydroxyl groups excluding tert-OH is 15. The Labute approximate surface area is 629 Å². The third-order valence-corrected chi connectivity index (χ3v) is 19.5. The van der Waals surface area contributed by atoms with Crippen molar-refractivity contribution in [3.63, 3.8) is 0 Å². The number of carboxylic acid groups (broad SMARTS) is 2. The highest BCUT2D eigenvalue weighted by atomic mass is 33.1. The highest BCUT2D eigenvalue weighted by Crippen LogP contribution is 2.25. The summed E-state index contributed by atoms with van der Waals surface area (Å²) >= 11 is 0. The lowest BCUT2D eigenvalue weighted by Crippen LogP contribution is -2.50. The second-order valence-corrected chi connectivity index (χ2v) is 28.8. The van der Waals surface area contributed by atoms with Crippen LogP contribution < -0.4 is 37.2 Å². The zero-order chi connectivity index (χ0) is 81.1. The minimum Gasteiger partial charge on any atom is -0.481 e. The van der Waals surface area contributed by atoms with E-state index < -0.39 is 291 Å². The van der Waals surface area contributed by atoms with Gasteiger partial charge in [-0.15, -0.1) is 0 Å². The van der Waals surface area contributed by atoms with E-state index in [0.717, 1.165) is 38.5 Å². The molecule has 0 spiro atoms. The fourth-order valence-corrected chi connectivity index (χ4v) is 12.3. The van der Waals surface area contributed by atoms with Gasteiger partial charge in [0, 0.05) is 126 Å². The van der Waals surface area contributed by atoms with Gasteiger partial charge in [-0.1, -0.05) is 74.0 Å². The predicted octanol–water partition coefficient (Wildman–Crippen LogP) is -4.99. The number of aliphatic carboxylic acids is 2. The van der Waals surface area contributed by atoms with E-state index in [2.05, 4.69) is 38.8 Å². The number of ketones is 4. The van der Waals surface area contributed by atoms with Gasteiger partial charge in [0.15, 0.2) is 23.6 Å². The topological polar surface area (TPSA) is 650 Å². The van der Waals surface area contributed by atoms with Crippen molar-refractivity contribution >= 4 is 98.0 Å². The van der Waals surface area contributed by atoms with Gasteiger partial charge in [0.05, 0.1) is 56.3 Å². The third-order valence-electron chi connectivity index (χ3n) is 17.2. The van der Waals surface area contributed by atoms with Crippen LogP contribution in [-0.4, -0.2) is 306 Å². The van der Waals surface area contributed by atoms with Crippen molar-refractivity contribution in [2.24, 2.45) is 11.8 Å². The quantitative estimate of drug-likeness (QED) is 0.0154. The minimum absolute atomic E-state index is 0.00891. The SMILES string of the molecule is CCCCCCCNC(=O)CCCCCCC(=O)CCSSC[CH]CC(=O)[C@H](CCC(=O)N[C@@H](O)[C@H](O)C[C@H](O)[C@H](O)CO)NC(=O)[C@H](CCC(=O)O)CC(=O)[C@H](CCC(=O)NC[C@H](O)[C@@H](O)[C@H](O)[C@H](O)CO)NC(=O)[C@H](CCC(=O)O)CC(=O)[C@H](CCC(=O)NC[C@H](O)[C@@H](O)[C@H](O)[C@H](O)CO)NC(=O)CC. The van der Waals surface area contributed by atoms with E-state index in [-0.39, 0.29) is 30.3 Å². The molecule has 0 saturated heterocycles. The number of carboxylic acids is 2. The van der Waals surface area contributed by atoms with E-state index in [4.69, 9.17) is 10.2 Å². The number of aliphatic hydroxyl groups is 15. The molecule has 0 aromatic carbocycles. The van der Waals surface area contributed by atoms with E-state index in [1.54, 1.807) is 0 Å². The molecule has 17 atom stereocenters. The third kappa shape index (κ3) is 46.3. The second-order valence-electron chi connectivity index (χ2n) is 26.2. The van der Waals surface area contributed by atoms with E-state index in [0.29, 0.717) is 38.0 Å². The fraction of sp³-hybridized carbons (Fsp3) is 0.794. The number of nitrogens with one attached hydrogen (secondary N) is 7. The summed E-state index contributed by atoms with van der Waals surface area (Å²) in [6, 6.07) is -5.15. The maximum atomic E-state index is 14.7. The molecule has 0 aliphatic carbocycles. The Hall–Kier alpha value is -5.99. The molecule has 0 fully saturated rings. The molecular formula is C68H118N7O30S2. The standard InChI is InChI=1S/C68H118N7O30S2/c1-3-5-6-9-12-28-69-56(91)16-11-8-7-10-14-41(79)27-30-107-106-29-13-15-45(80)42(21-24-59(94)75-68(105)49(84)33-48(83)52(87)36-76)73-66(103)40(18-26-61(97)98)32-47(82)44(20-23-58(93)71-35-51(86)63(100)65(102)54(89)38-78)74-67(104)39(17-25-60(95)96)31-46(81)43(72-55(90)4-2)19-22-57(92)70-34-50(85)62(99)64(101)53(88)37-77/h13,39-40,42-44,48-54,62-65,68,76-78,83-89,99-102,105H,3-12,14-38H2,1-2H3,(H,69,91)(H,70,92)(H,71,93)(H,72,90)(H,73,103)(H,74,104)(H,75,94)(H,95,96)(H,97,98)/t39-,40-,42+,43+,44+,48+,49-,50+,51+,52-,53-,54-,62-,63-,64-,65-,68+/m1/s1. The van der Waals surface area contributed by atoms with Gasteiger partial charge in [0.25, 0.3) is 0 Å². The maximum Gasteiger partial charge on any atom is 0.303 e. The minimum atomic E-state index is -2.15. The zero-order valence-electron chi connectivity index (χ0n) is 60.9. The van der Waals surface area contributed by atoms with Gasteiger partial charge >= 0.3 is 11.9 Å². The number of carbonyl (C=O) groups excluding carboxylic acids is 11. The largest absolute Gasteiger partial charge is 0.481 e. The van der Waals surface area contributed by atoms with Crippen LogP contribution in [0.15, 0.2) is 0 Å². The molecule has 0 aliphatic rings. The van der Waals surface area contributed by atoms with Gasteiger partial charge in [0.2, 0.25) is 41.4 Å². The van der Waals surface area contributed by atoms with Gasteiger partial charge in [-0.05, 0) is 57.8 Å². The first-order chi connectivity index (χ1) is 50.6. The molecule has 0 bridgehead atoms. The summed E-state index contributed by atoms with van der Waals surface area (Å²) in [5, 5.41) is 185. The second kappa shape index (κ2) is 58.9. The number of carbonyl (C=O) groups is 13. The molecule has 107 heavy (non-hydrogen) atoms. The normalized spacial score (nSPS) is 16.3. The van der Waals surface area contributed by atoms with Crippen molar-refractivity contribution in [1.82, 2.24) is 37.2 Å². The van der Waals surface area contributed by atoms with Crippen LogP contribution in [0.25, 0.3) is 0 Å². The highest BCUT2D eigenvalue weighted by Gasteiger charge is 2.37. The predicted molar refractivity (Wildman–Crippen MR) is 384 cm³/mol. The lowest BCUT2D eigenvalue weighted by Gasteiger charge is -2.26. The molecule has 0 aromatic rings. The first-order valence-corrected chi connectivity index (χ1v) is 38.6. The van der Waals surface area contributed by atoms with Crippen LogP contribution in [-0.2, 0) is 62.3 Å². The summed E-state index contributed by atoms with van der Waals surface area (Å²) in [7, 11) is 2.62. The average Bonchev–Trinajstić information content (AvgIpc) is 0.860. The highest BCUT2D eigenvalue weighted by molar-refractivity contribution is 8.76. The molecule has 0 aliphatic heterocycles. The molecule has 37 nitrogen and oxygen atoms in total.